The lowest BCUT2D eigenvalue weighted by molar-refractivity contribution is 0.112. The Kier molecular flexibility index (Phi) is 5.23. The first-order valence-electron chi connectivity index (χ1n) is 10.2. The molecule has 2 aromatic carbocycles. The van der Waals surface area contributed by atoms with Gasteiger partial charge in [-0.05, 0) is 50.2 Å². The predicted octanol–water partition coefficient (Wildman–Crippen LogP) is 4.86. The number of H-pyrrole nitrogens is 1. The molecule has 0 aliphatic carbocycles. The molecule has 0 bridgehead atoms. The highest BCUT2D eigenvalue weighted by Crippen LogP contribution is 2.34. The first-order chi connectivity index (χ1) is 14.7. The first-order valence-corrected chi connectivity index (χ1v) is 11.0. The van der Waals surface area contributed by atoms with Gasteiger partial charge in [0, 0.05) is 33.9 Å². The van der Waals surface area contributed by atoms with E-state index in [9.17, 15) is 4.79 Å². The summed E-state index contributed by atoms with van der Waals surface area (Å²) >= 11 is 3.56. The molecule has 6 nitrogen and oxygen atoms in total. The Morgan fingerprint density at radius 3 is 2.77 bits per heavy atom. The zero-order valence-electron chi connectivity index (χ0n) is 16.5. The molecule has 0 atom stereocenters. The SMILES string of the molecule is O=Cc1c(-c2nc(NCCN3CCCC3)c3ccccc3n2)[nH]c2cccc(Br)c12. The van der Waals surface area contributed by atoms with Gasteiger partial charge in [-0.2, -0.15) is 0 Å². The summed E-state index contributed by atoms with van der Waals surface area (Å²) in [5, 5.41) is 5.33. The molecule has 2 N–H and O–H groups in total. The molecule has 0 spiro atoms. The van der Waals surface area contributed by atoms with E-state index in [-0.39, 0.29) is 0 Å². The van der Waals surface area contributed by atoms with E-state index in [1.54, 1.807) is 0 Å². The number of nitrogens with one attached hydrogen (secondary N) is 2. The number of likely N-dealkylation sites (tertiary alicyclic amines) is 1. The van der Waals surface area contributed by atoms with Crippen molar-refractivity contribution in [2.24, 2.45) is 0 Å². The van der Waals surface area contributed by atoms with Gasteiger partial charge in [-0.3, -0.25) is 4.79 Å². The van der Waals surface area contributed by atoms with Crippen molar-refractivity contribution in [3.63, 3.8) is 0 Å². The summed E-state index contributed by atoms with van der Waals surface area (Å²) in [5.41, 5.74) is 2.93. The number of halogens is 1. The van der Waals surface area contributed by atoms with E-state index in [2.05, 4.69) is 31.1 Å². The molecule has 4 aromatic rings. The minimum atomic E-state index is 0.516. The van der Waals surface area contributed by atoms with Crippen molar-refractivity contribution in [2.75, 3.05) is 31.5 Å². The molecule has 30 heavy (non-hydrogen) atoms. The molecule has 1 aliphatic rings. The van der Waals surface area contributed by atoms with E-state index in [1.807, 2.05) is 42.5 Å². The maximum atomic E-state index is 12.0. The van der Waals surface area contributed by atoms with Gasteiger partial charge in [0.05, 0.1) is 16.8 Å². The molecule has 1 saturated heterocycles. The van der Waals surface area contributed by atoms with Crippen LogP contribution in [0.4, 0.5) is 5.82 Å². The smallest absolute Gasteiger partial charge is 0.179 e. The number of aromatic nitrogens is 3. The van der Waals surface area contributed by atoms with Crippen LogP contribution in [0.1, 0.15) is 23.2 Å². The van der Waals surface area contributed by atoms with Crippen LogP contribution in [0.2, 0.25) is 0 Å². The molecular formula is C23H22BrN5O. The van der Waals surface area contributed by atoms with E-state index >= 15 is 0 Å². The number of carbonyl (C=O) groups is 1. The Balaban J connectivity index is 1.57. The van der Waals surface area contributed by atoms with E-state index in [0.717, 1.165) is 51.5 Å². The van der Waals surface area contributed by atoms with Crippen LogP contribution >= 0.6 is 15.9 Å². The van der Waals surface area contributed by atoms with Crippen LogP contribution in [-0.4, -0.2) is 52.3 Å². The van der Waals surface area contributed by atoms with Crippen LogP contribution in [0, 0.1) is 0 Å². The summed E-state index contributed by atoms with van der Waals surface area (Å²) in [4.78, 5) is 27.4. The maximum Gasteiger partial charge on any atom is 0.179 e. The molecule has 0 saturated carbocycles. The Hall–Kier alpha value is -2.77. The minimum Gasteiger partial charge on any atom is -0.368 e. The van der Waals surface area contributed by atoms with Crippen LogP contribution in [-0.2, 0) is 0 Å². The van der Waals surface area contributed by atoms with Crippen molar-refractivity contribution in [1.82, 2.24) is 19.9 Å². The highest BCUT2D eigenvalue weighted by molar-refractivity contribution is 9.10. The van der Waals surface area contributed by atoms with Crippen molar-refractivity contribution in [2.45, 2.75) is 12.8 Å². The second-order valence-corrected chi connectivity index (χ2v) is 8.44. The topological polar surface area (TPSA) is 73.9 Å². The number of anilines is 1. The van der Waals surface area contributed by atoms with Crippen LogP contribution < -0.4 is 5.32 Å². The van der Waals surface area contributed by atoms with Gasteiger partial charge in [-0.15, -0.1) is 0 Å². The van der Waals surface area contributed by atoms with E-state index in [1.165, 1.54) is 25.9 Å². The number of benzene rings is 2. The zero-order chi connectivity index (χ0) is 20.5. The Bertz CT molecular complexity index is 1230. The largest absolute Gasteiger partial charge is 0.368 e. The zero-order valence-corrected chi connectivity index (χ0v) is 18.1. The molecule has 5 rings (SSSR count). The predicted molar refractivity (Wildman–Crippen MR) is 124 cm³/mol. The second kappa shape index (κ2) is 8.16. The quantitative estimate of drug-likeness (QED) is 0.399. The number of hydrogen-bond donors (Lipinski definition) is 2. The number of aldehydes is 1. The highest BCUT2D eigenvalue weighted by Gasteiger charge is 2.19. The molecule has 152 valence electrons. The van der Waals surface area contributed by atoms with Crippen molar-refractivity contribution in [3.05, 3.63) is 52.5 Å². The van der Waals surface area contributed by atoms with Gasteiger partial charge < -0.3 is 15.2 Å². The lowest BCUT2D eigenvalue weighted by atomic mass is 10.1. The minimum absolute atomic E-state index is 0.516. The number of hydrogen-bond acceptors (Lipinski definition) is 5. The van der Waals surface area contributed by atoms with E-state index < -0.39 is 0 Å². The maximum absolute atomic E-state index is 12.0. The third-order valence-corrected chi connectivity index (χ3v) is 6.34. The lowest BCUT2D eigenvalue weighted by Crippen LogP contribution is -2.26. The molecule has 3 heterocycles. The number of nitrogens with zero attached hydrogens (tertiary/aromatic N) is 3. The van der Waals surface area contributed by atoms with Gasteiger partial charge in [0.2, 0.25) is 0 Å². The molecule has 0 radical (unpaired) electrons. The summed E-state index contributed by atoms with van der Waals surface area (Å²) in [6, 6.07) is 13.8. The Morgan fingerprint density at radius 2 is 1.93 bits per heavy atom. The van der Waals surface area contributed by atoms with Gasteiger partial charge in [-0.1, -0.05) is 34.1 Å². The van der Waals surface area contributed by atoms with Crippen molar-refractivity contribution >= 4 is 49.8 Å². The third kappa shape index (κ3) is 3.48. The number of fused-ring (bicyclic) bond motifs is 2. The normalized spacial score (nSPS) is 14.6. The molecule has 0 unspecified atom stereocenters. The summed E-state index contributed by atoms with van der Waals surface area (Å²) in [7, 11) is 0. The first kappa shape index (κ1) is 19.2. The molecule has 1 aliphatic heterocycles. The molecule has 2 aromatic heterocycles. The average Bonchev–Trinajstić information content (AvgIpc) is 3.41. The van der Waals surface area contributed by atoms with Gasteiger partial charge >= 0.3 is 0 Å². The number of rotatable bonds is 6. The van der Waals surface area contributed by atoms with Gasteiger partial charge in [0.1, 0.15) is 5.82 Å². The fourth-order valence-electron chi connectivity index (χ4n) is 4.19. The van der Waals surface area contributed by atoms with Gasteiger partial charge in [0.15, 0.2) is 12.1 Å². The molecule has 1 fully saturated rings. The van der Waals surface area contributed by atoms with Gasteiger partial charge in [0.25, 0.3) is 0 Å². The number of carbonyl (C=O) groups excluding carboxylic acids is 1. The summed E-state index contributed by atoms with van der Waals surface area (Å²) in [6.07, 6.45) is 3.44. The van der Waals surface area contributed by atoms with Crippen LogP contribution in [0.3, 0.4) is 0 Å². The lowest BCUT2D eigenvalue weighted by Gasteiger charge is -2.16. The average molecular weight is 464 g/mol. The Labute approximate surface area is 182 Å². The fourth-order valence-corrected chi connectivity index (χ4v) is 4.76. The van der Waals surface area contributed by atoms with Gasteiger partial charge in [-0.25, -0.2) is 9.97 Å². The standard InChI is InChI=1S/C23H22BrN5O/c24-17-7-5-9-19-20(17)16(14-30)21(26-19)23-27-18-8-2-1-6-15(18)22(28-23)25-10-13-29-11-3-4-12-29/h1-2,5-9,14,26H,3-4,10-13H2,(H,25,27,28). The van der Waals surface area contributed by atoms with Crippen molar-refractivity contribution in [1.29, 1.82) is 0 Å². The van der Waals surface area contributed by atoms with Crippen LogP contribution in [0.5, 0.6) is 0 Å². The summed E-state index contributed by atoms with van der Waals surface area (Å²) < 4.78 is 0.870. The summed E-state index contributed by atoms with van der Waals surface area (Å²) in [6.45, 7) is 4.15. The molecule has 0 amide bonds. The third-order valence-electron chi connectivity index (χ3n) is 5.68. The van der Waals surface area contributed by atoms with Crippen molar-refractivity contribution in [3.8, 4) is 11.5 Å². The van der Waals surface area contributed by atoms with Crippen LogP contribution in [0.15, 0.2) is 46.9 Å². The Morgan fingerprint density at radius 1 is 1.10 bits per heavy atom. The van der Waals surface area contributed by atoms with E-state index in [4.69, 9.17) is 9.97 Å². The molecular weight excluding hydrogens is 442 g/mol. The number of para-hydroxylation sites is 1. The van der Waals surface area contributed by atoms with E-state index in [0.29, 0.717) is 17.1 Å². The second-order valence-electron chi connectivity index (χ2n) is 7.58. The number of aromatic amines is 1. The summed E-state index contributed by atoms with van der Waals surface area (Å²) in [5.74, 6) is 1.31. The molecule has 7 heteroatoms. The van der Waals surface area contributed by atoms with Crippen molar-refractivity contribution < 1.29 is 4.79 Å². The highest BCUT2D eigenvalue weighted by atomic mass is 79.9. The van der Waals surface area contributed by atoms with Crippen LogP contribution in [0.25, 0.3) is 33.3 Å². The monoisotopic (exact) mass is 463 g/mol. The fraction of sp³-hybridized carbons (Fsp3) is 0.261.